The maximum Gasteiger partial charge on any atom is 0.248 e. The van der Waals surface area contributed by atoms with Crippen LogP contribution in [0.2, 0.25) is 0 Å². The van der Waals surface area contributed by atoms with Crippen LogP contribution in [0.3, 0.4) is 0 Å². The van der Waals surface area contributed by atoms with Crippen LogP contribution >= 0.6 is 0 Å². The summed E-state index contributed by atoms with van der Waals surface area (Å²) in [7, 11) is 0. The van der Waals surface area contributed by atoms with Gasteiger partial charge >= 0.3 is 0 Å². The highest BCUT2D eigenvalue weighted by Gasteiger charge is 2.20. The first-order valence-corrected chi connectivity index (χ1v) is 7.06. The zero-order valence-corrected chi connectivity index (χ0v) is 11.6. The lowest BCUT2D eigenvalue weighted by Crippen LogP contribution is -2.49. The van der Waals surface area contributed by atoms with Gasteiger partial charge in [0.2, 0.25) is 5.91 Å². The molecule has 106 valence electrons. The van der Waals surface area contributed by atoms with Crippen molar-refractivity contribution in [2.45, 2.75) is 26.2 Å². The van der Waals surface area contributed by atoms with Crippen molar-refractivity contribution in [1.29, 1.82) is 0 Å². The molecule has 5 nitrogen and oxygen atoms in total. The molecule has 0 unspecified atom stereocenters. The van der Waals surface area contributed by atoms with Gasteiger partial charge in [0.1, 0.15) is 6.61 Å². The van der Waals surface area contributed by atoms with Gasteiger partial charge in [0.25, 0.3) is 0 Å². The summed E-state index contributed by atoms with van der Waals surface area (Å²) in [5.74, 6) is 0.125. The molecule has 1 aliphatic heterocycles. The molecule has 0 aromatic carbocycles. The topological polar surface area (TPSA) is 58.8 Å². The molecule has 0 aromatic heterocycles. The second kappa shape index (κ2) is 9.30. The van der Waals surface area contributed by atoms with E-state index in [4.69, 9.17) is 10.5 Å². The molecular formula is C13H27N3O2. The van der Waals surface area contributed by atoms with Gasteiger partial charge in [-0.2, -0.15) is 0 Å². The number of hydrogen-bond donors (Lipinski definition) is 1. The zero-order chi connectivity index (χ0) is 13.2. The van der Waals surface area contributed by atoms with Crippen LogP contribution in [-0.4, -0.2) is 68.2 Å². The molecule has 0 aliphatic carbocycles. The van der Waals surface area contributed by atoms with Crippen LogP contribution in [0.15, 0.2) is 0 Å². The molecule has 1 fully saturated rings. The number of hydrogen-bond acceptors (Lipinski definition) is 4. The van der Waals surface area contributed by atoms with Gasteiger partial charge in [0.05, 0.1) is 0 Å². The number of piperazine rings is 1. The van der Waals surface area contributed by atoms with Crippen molar-refractivity contribution >= 4 is 5.91 Å². The lowest BCUT2D eigenvalue weighted by molar-refractivity contribution is -0.137. The molecule has 2 N–H and O–H groups in total. The average Bonchev–Trinajstić information content (AvgIpc) is 2.41. The predicted molar refractivity (Wildman–Crippen MR) is 72.4 cm³/mol. The Kier molecular flexibility index (Phi) is 7.96. The third-order valence-corrected chi connectivity index (χ3v) is 3.33. The molecule has 1 heterocycles. The molecule has 1 aliphatic rings. The van der Waals surface area contributed by atoms with Crippen LogP contribution < -0.4 is 5.73 Å². The smallest absolute Gasteiger partial charge is 0.248 e. The fourth-order valence-electron chi connectivity index (χ4n) is 2.16. The summed E-state index contributed by atoms with van der Waals surface area (Å²) < 4.78 is 5.15. The van der Waals surface area contributed by atoms with E-state index < -0.39 is 0 Å². The highest BCUT2D eigenvalue weighted by Crippen LogP contribution is 2.05. The molecule has 0 bridgehead atoms. The Labute approximate surface area is 110 Å². The summed E-state index contributed by atoms with van der Waals surface area (Å²) in [5.41, 5.74) is 5.47. The van der Waals surface area contributed by atoms with Crippen molar-refractivity contribution in [3.8, 4) is 0 Å². The minimum Gasteiger partial charge on any atom is -0.372 e. The van der Waals surface area contributed by atoms with Gasteiger partial charge in [0, 0.05) is 32.8 Å². The third kappa shape index (κ3) is 5.80. The van der Waals surface area contributed by atoms with Gasteiger partial charge < -0.3 is 15.4 Å². The second-order valence-electron chi connectivity index (χ2n) is 4.71. The van der Waals surface area contributed by atoms with Crippen molar-refractivity contribution in [2.75, 3.05) is 52.5 Å². The van der Waals surface area contributed by atoms with Crippen molar-refractivity contribution in [2.24, 2.45) is 5.73 Å². The zero-order valence-electron chi connectivity index (χ0n) is 11.6. The minimum atomic E-state index is 0.125. The van der Waals surface area contributed by atoms with E-state index in [1.165, 1.54) is 12.8 Å². The van der Waals surface area contributed by atoms with Crippen molar-refractivity contribution in [1.82, 2.24) is 9.80 Å². The monoisotopic (exact) mass is 257 g/mol. The van der Waals surface area contributed by atoms with Gasteiger partial charge in [-0.25, -0.2) is 0 Å². The molecular weight excluding hydrogens is 230 g/mol. The quantitative estimate of drug-likeness (QED) is 0.635. The molecule has 1 amide bonds. The van der Waals surface area contributed by atoms with E-state index in [9.17, 15) is 4.79 Å². The first-order valence-electron chi connectivity index (χ1n) is 7.06. The number of carbonyl (C=O) groups is 1. The van der Waals surface area contributed by atoms with E-state index in [2.05, 4.69) is 4.90 Å². The molecule has 1 saturated heterocycles. The SMILES string of the molecule is CCOCC(=O)N1CCN(CCCCCN)CC1. The number of nitrogens with two attached hydrogens (primary N) is 1. The van der Waals surface area contributed by atoms with E-state index in [-0.39, 0.29) is 12.5 Å². The standard InChI is InChI=1S/C13H27N3O2/c1-2-18-12-13(17)16-10-8-15(9-11-16)7-5-3-4-6-14/h2-12,14H2,1H3. The third-order valence-electron chi connectivity index (χ3n) is 3.33. The number of nitrogens with zero attached hydrogens (tertiary/aromatic N) is 2. The molecule has 0 atom stereocenters. The van der Waals surface area contributed by atoms with Crippen molar-refractivity contribution < 1.29 is 9.53 Å². The van der Waals surface area contributed by atoms with Gasteiger partial charge in [-0.3, -0.25) is 9.69 Å². The summed E-state index contributed by atoms with van der Waals surface area (Å²) in [6.07, 6.45) is 3.54. The Morgan fingerprint density at radius 2 is 1.89 bits per heavy atom. The number of unbranched alkanes of at least 4 members (excludes halogenated alkanes) is 2. The molecule has 1 rings (SSSR count). The lowest BCUT2D eigenvalue weighted by Gasteiger charge is -2.34. The molecule has 0 aromatic rings. The highest BCUT2D eigenvalue weighted by atomic mass is 16.5. The molecule has 0 spiro atoms. The van der Waals surface area contributed by atoms with Crippen LogP contribution in [0.4, 0.5) is 0 Å². The van der Waals surface area contributed by atoms with E-state index in [1.54, 1.807) is 0 Å². The average molecular weight is 257 g/mol. The van der Waals surface area contributed by atoms with Crippen molar-refractivity contribution in [3.05, 3.63) is 0 Å². The number of ether oxygens (including phenoxy) is 1. The largest absolute Gasteiger partial charge is 0.372 e. The maximum atomic E-state index is 11.7. The maximum absolute atomic E-state index is 11.7. The Morgan fingerprint density at radius 3 is 2.50 bits per heavy atom. The number of carbonyl (C=O) groups excluding carboxylic acids is 1. The van der Waals surface area contributed by atoms with Gasteiger partial charge in [-0.1, -0.05) is 6.42 Å². The van der Waals surface area contributed by atoms with Gasteiger partial charge in [-0.05, 0) is 32.9 Å². The molecule has 0 saturated carbocycles. The van der Waals surface area contributed by atoms with Crippen LogP contribution in [0.5, 0.6) is 0 Å². The van der Waals surface area contributed by atoms with E-state index >= 15 is 0 Å². The number of amides is 1. The first kappa shape index (κ1) is 15.4. The fourth-order valence-corrected chi connectivity index (χ4v) is 2.16. The lowest BCUT2D eigenvalue weighted by atomic mass is 10.2. The summed E-state index contributed by atoms with van der Waals surface area (Å²) in [4.78, 5) is 16.1. The van der Waals surface area contributed by atoms with Gasteiger partial charge in [-0.15, -0.1) is 0 Å². The van der Waals surface area contributed by atoms with E-state index in [0.717, 1.165) is 45.7 Å². The summed E-state index contributed by atoms with van der Waals surface area (Å²) in [5, 5.41) is 0. The van der Waals surface area contributed by atoms with E-state index in [0.29, 0.717) is 6.61 Å². The Bertz CT molecular complexity index is 228. The normalized spacial score (nSPS) is 17.1. The second-order valence-corrected chi connectivity index (χ2v) is 4.71. The highest BCUT2D eigenvalue weighted by molar-refractivity contribution is 5.77. The van der Waals surface area contributed by atoms with Crippen LogP contribution in [-0.2, 0) is 9.53 Å². The Balaban J connectivity index is 2.10. The Hall–Kier alpha value is -0.650. The van der Waals surface area contributed by atoms with E-state index in [1.807, 2.05) is 11.8 Å². The fraction of sp³-hybridized carbons (Fsp3) is 0.923. The first-order chi connectivity index (χ1) is 8.77. The van der Waals surface area contributed by atoms with Crippen molar-refractivity contribution in [3.63, 3.8) is 0 Å². The van der Waals surface area contributed by atoms with Crippen LogP contribution in [0, 0.1) is 0 Å². The van der Waals surface area contributed by atoms with Crippen LogP contribution in [0.1, 0.15) is 26.2 Å². The van der Waals surface area contributed by atoms with Crippen LogP contribution in [0.25, 0.3) is 0 Å². The molecule has 0 radical (unpaired) electrons. The summed E-state index contributed by atoms with van der Waals surface area (Å²) in [6, 6.07) is 0. The summed E-state index contributed by atoms with van der Waals surface area (Å²) in [6.45, 7) is 8.31. The number of rotatable bonds is 8. The molecule has 18 heavy (non-hydrogen) atoms. The minimum absolute atomic E-state index is 0.125. The Morgan fingerprint density at radius 1 is 1.17 bits per heavy atom. The summed E-state index contributed by atoms with van der Waals surface area (Å²) >= 11 is 0. The molecule has 5 heteroatoms. The predicted octanol–water partition coefficient (Wildman–Crippen LogP) is 0.296. The van der Waals surface area contributed by atoms with Gasteiger partial charge in [0.15, 0.2) is 0 Å².